The first-order valence-electron chi connectivity index (χ1n) is 13.4. The molecular weight excluding hydrogens is 496 g/mol. The van der Waals surface area contributed by atoms with Crippen molar-refractivity contribution >= 4 is 11.9 Å². The average molecular weight is 533 g/mol. The Labute approximate surface area is 229 Å². The van der Waals surface area contributed by atoms with E-state index in [0.29, 0.717) is 28.9 Å². The zero-order chi connectivity index (χ0) is 27.9. The van der Waals surface area contributed by atoms with Gasteiger partial charge in [0.05, 0.1) is 7.11 Å². The Hall–Kier alpha value is -3.97. The van der Waals surface area contributed by atoms with Crippen LogP contribution in [0.3, 0.4) is 0 Å². The first-order chi connectivity index (χ1) is 18.8. The number of phenolic OH excluding ortho intramolecular Hbond substituents is 3. The lowest BCUT2D eigenvalue weighted by atomic mass is 9.84. The van der Waals surface area contributed by atoms with Crippen molar-refractivity contribution in [3.05, 3.63) is 82.9 Å². The van der Waals surface area contributed by atoms with Crippen molar-refractivity contribution in [1.29, 1.82) is 0 Å². The Morgan fingerprint density at radius 2 is 1.62 bits per heavy atom. The second-order valence-electron chi connectivity index (χ2n) is 9.93. The zero-order valence-electron chi connectivity index (χ0n) is 22.3. The van der Waals surface area contributed by atoms with Gasteiger partial charge >= 0.3 is 0 Å². The lowest BCUT2D eigenvalue weighted by Gasteiger charge is -2.25. The van der Waals surface area contributed by atoms with Crippen molar-refractivity contribution in [1.82, 2.24) is 0 Å². The number of ether oxygens (including phenoxy) is 2. The summed E-state index contributed by atoms with van der Waals surface area (Å²) >= 11 is 0. The third kappa shape index (κ3) is 6.37. The monoisotopic (exact) mass is 532 g/mol. The fourth-order valence-corrected chi connectivity index (χ4v) is 5.15. The van der Waals surface area contributed by atoms with Crippen molar-refractivity contribution in [2.75, 3.05) is 7.11 Å². The molecule has 7 nitrogen and oxygen atoms in total. The normalized spacial score (nSPS) is 17.1. The molecule has 4 N–H and O–H groups in total. The van der Waals surface area contributed by atoms with E-state index in [-0.39, 0.29) is 34.5 Å². The molecule has 4 rings (SSSR count). The van der Waals surface area contributed by atoms with Gasteiger partial charge in [-0.05, 0) is 47.9 Å². The number of carbonyl (C=O) groups excluding carboxylic acids is 1. The number of allylic oxidation sites excluding steroid dienone is 1. The molecule has 0 saturated carbocycles. The van der Waals surface area contributed by atoms with Crippen LogP contribution in [0.15, 0.2) is 60.7 Å². The summed E-state index contributed by atoms with van der Waals surface area (Å²) in [7, 11) is 1.42. The molecule has 0 spiro atoms. The minimum Gasteiger partial charge on any atom is -0.508 e. The Morgan fingerprint density at radius 3 is 2.26 bits per heavy atom. The number of aromatic hydroxyl groups is 3. The molecule has 0 saturated heterocycles. The van der Waals surface area contributed by atoms with Gasteiger partial charge in [-0.2, -0.15) is 0 Å². The molecule has 0 aromatic heterocycles. The molecule has 3 aromatic rings. The largest absolute Gasteiger partial charge is 0.508 e. The van der Waals surface area contributed by atoms with Gasteiger partial charge in [0.2, 0.25) is 0 Å². The number of aliphatic hydroxyl groups is 1. The van der Waals surface area contributed by atoms with E-state index < -0.39 is 18.0 Å². The summed E-state index contributed by atoms with van der Waals surface area (Å²) in [4.78, 5) is 13.3. The molecule has 0 radical (unpaired) electrons. The molecule has 0 fully saturated rings. The van der Waals surface area contributed by atoms with Crippen LogP contribution in [0.4, 0.5) is 0 Å². The highest BCUT2D eigenvalue weighted by molar-refractivity contribution is 6.11. The van der Waals surface area contributed by atoms with Gasteiger partial charge in [-0.15, -0.1) is 0 Å². The number of benzene rings is 3. The topological polar surface area (TPSA) is 116 Å². The van der Waals surface area contributed by atoms with Gasteiger partial charge in [0.15, 0.2) is 5.78 Å². The second kappa shape index (κ2) is 12.7. The van der Waals surface area contributed by atoms with Crippen molar-refractivity contribution in [3.8, 4) is 28.7 Å². The maximum atomic E-state index is 13.3. The van der Waals surface area contributed by atoms with E-state index in [4.69, 9.17) is 9.47 Å². The highest BCUT2D eigenvalue weighted by Gasteiger charge is 2.43. The molecule has 206 valence electrons. The Morgan fingerprint density at radius 1 is 0.974 bits per heavy atom. The number of methoxy groups -OCH3 is 1. The van der Waals surface area contributed by atoms with E-state index in [0.717, 1.165) is 32.1 Å². The van der Waals surface area contributed by atoms with E-state index in [9.17, 15) is 25.2 Å². The molecule has 0 bridgehead atoms. The van der Waals surface area contributed by atoms with Crippen molar-refractivity contribution in [2.24, 2.45) is 0 Å². The van der Waals surface area contributed by atoms with Gasteiger partial charge in [-0.25, -0.2) is 0 Å². The molecular formula is C32H36O7. The summed E-state index contributed by atoms with van der Waals surface area (Å²) in [6, 6.07) is 14.3. The van der Waals surface area contributed by atoms with Crippen LogP contribution in [0, 0.1) is 0 Å². The third-order valence-corrected chi connectivity index (χ3v) is 7.25. The zero-order valence-corrected chi connectivity index (χ0v) is 22.3. The molecule has 3 unspecified atom stereocenters. The van der Waals surface area contributed by atoms with Gasteiger partial charge < -0.3 is 29.9 Å². The van der Waals surface area contributed by atoms with Gasteiger partial charge in [-0.1, -0.05) is 69.4 Å². The van der Waals surface area contributed by atoms with Crippen LogP contribution in [-0.4, -0.2) is 39.4 Å². The van der Waals surface area contributed by atoms with Crippen molar-refractivity contribution in [3.63, 3.8) is 0 Å². The maximum Gasteiger partial charge on any atom is 0.193 e. The molecule has 0 aliphatic carbocycles. The lowest BCUT2D eigenvalue weighted by Crippen LogP contribution is -2.27. The van der Waals surface area contributed by atoms with Crippen LogP contribution in [0.25, 0.3) is 6.08 Å². The first-order valence-corrected chi connectivity index (χ1v) is 13.4. The smallest absolute Gasteiger partial charge is 0.193 e. The predicted octanol–water partition coefficient (Wildman–Crippen LogP) is 6.65. The summed E-state index contributed by atoms with van der Waals surface area (Å²) in [5.41, 5.74) is 1.83. The van der Waals surface area contributed by atoms with E-state index in [1.165, 1.54) is 37.5 Å². The third-order valence-electron chi connectivity index (χ3n) is 7.25. The summed E-state index contributed by atoms with van der Waals surface area (Å²) in [6.07, 6.45) is 7.17. The van der Waals surface area contributed by atoms with Crippen LogP contribution in [0.5, 0.6) is 28.7 Å². The number of hydrogen-bond donors (Lipinski definition) is 4. The molecule has 3 atom stereocenters. The summed E-state index contributed by atoms with van der Waals surface area (Å²) in [6.45, 7) is 2.16. The summed E-state index contributed by atoms with van der Waals surface area (Å²) in [5.74, 6) is -0.226. The molecule has 1 aliphatic heterocycles. The van der Waals surface area contributed by atoms with Crippen LogP contribution in [-0.2, 0) is 0 Å². The van der Waals surface area contributed by atoms with Crippen LogP contribution >= 0.6 is 0 Å². The van der Waals surface area contributed by atoms with Crippen molar-refractivity contribution in [2.45, 2.75) is 63.6 Å². The fraction of sp³-hybridized carbons (Fsp3) is 0.344. The van der Waals surface area contributed by atoms with Crippen LogP contribution < -0.4 is 9.47 Å². The highest BCUT2D eigenvalue weighted by atomic mass is 16.5. The fourth-order valence-electron chi connectivity index (χ4n) is 5.15. The minimum absolute atomic E-state index is 0.0330. The number of unbranched alkanes of at least 4 members (excludes halogenated alkanes) is 4. The first kappa shape index (κ1) is 28.0. The minimum atomic E-state index is -1.02. The number of carbonyl (C=O) groups is 1. The Balaban J connectivity index is 1.68. The molecule has 1 aliphatic rings. The molecule has 7 heteroatoms. The summed E-state index contributed by atoms with van der Waals surface area (Å²) in [5, 5.41) is 42.0. The number of ketones is 1. The maximum absolute atomic E-state index is 13.3. The van der Waals surface area contributed by atoms with E-state index in [1.807, 2.05) is 0 Å². The molecule has 1 heterocycles. The van der Waals surface area contributed by atoms with E-state index in [1.54, 1.807) is 36.4 Å². The lowest BCUT2D eigenvalue weighted by molar-refractivity contribution is 0.0324. The highest BCUT2D eigenvalue weighted by Crippen LogP contribution is 2.52. The van der Waals surface area contributed by atoms with Gasteiger partial charge in [0, 0.05) is 17.5 Å². The van der Waals surface area contributed by atoms with Gasteiger partial charge in [-0.3, -0.25) is 4.79 Å². The molecule has 3 aromatic carbocycles. The number of rotatable bonds is 12. The Kier molecular flexibility index (Phi) is 9.15. The number of hydrogen-bond acceptors (Lipinski definition) is 7. The average Bonchev–Trinajstić information content (AvgIpc) is 3.31. The van der Waals surface area contributed by atoms with Gasteiger partial charge in [0.1, 0.15) is 46.5 Å². The quantitative estimate of drug-likeness (QED) is 0.117. The number of phenols is 3. The van der Waals surface area contributed by atoms with Crippen molar-refractivity contribution < 1.29 is 34.7 Å². The van der Waals surface area contributed by atoms with E-state index >= 15 is 0 Å². The Bertz CT molecular complexity index is 1300. The van der Waals surface area contributed by atoms with Crippen LogP contribution in [0.2, 0.25) is 0 Å². The molecule has 0 amide bonds. The summed E-state index contributed by atoms with van der Waals surface area (Å²) < 4.78 is 11.7. The molecule has 39 heavy (non-hydrogen) atoms. The number of fused-ring (bicyclic) bond motifs is 1. The van der Waals surface area contributed by atoms with Crippen LogP contribution in [0.1, 0.15) is 84.5 Å². The predicted molar refractivity (Wildman–Crippen MR) is 150 cm³/mol. The standard InChI is InChI=1S/C32H36O7/c1-3-4-5-6-7-8-24-28-27(39-32(24)30(36)21-12-16-23(34)17-13-21)19-26(38-2)29(31(28)37)25(35)18-11-20-9-14-22(33)15-10-20/h9-19,24,30,32-34,36-37H,3-8H2,1-2H3/b18-11+. The SMILES string of the molecule is CCCCCCCC1c2c(cc(OC)c(C(=O)/C=C/c3ccc(O)cc3)c2O)OC1C(O)c1ccc(O)cc1. The van der Waals surface area contributed by atoms with E-state index in [2.05, 4.69) is 6.92 Å². The number of aliphatic hydroxyl groups excluding tert-OH is 1. The van der Waals surface area contributed by atoms with Gasteiger partial charge in [0.25, 0.3) is 0 Å². The second-order valence-corrected chi connectivity index (χ2v) is 9.93.